The molecular formula is C23H19NO4S. The Hall–Kier alpha value is -3.35. The van der Waals surface area contributed by atoms with Crippen molar-refractivity contribution in [3.8, 4) is 11.5 Å². The van der Waals surface area contributed by atoms with Crippen molar-refractivity contribution < 1.29 is 19.1 Å². The van der Waals surface area contributed by atoms with Crippen LogP contribution in [0.25, 0.3) is 0 Å². The van der Waals surface area contributed by atoms with E-state index >= 15 is 0 Å². The highest BCUT2D eigenvalue weighted by atomic mass is 32.1. The predicted octanol–water partition coefficient (Wildman–Crippen LogP) is 5.15. The maximum absolute atomic E-state index is 12.7. The first-order valence-corrected chi connectivity index (χ1v) is 9.92. The first-order valence-electron chi connectivity index (χ1n) is 9.11. The summed E-state index contributed by atoms with van der Waals surface area (Å²) in [5.41, 5.74) is 0.462. The topological polar surface area (TPSA) is 71.7 Å². The van der Waals surface area contributed by atoms with E-state index in [0.29, 0.717) is 29.4 Å². The van der Waals surface area contributed by atoms with Gasteiger partial charge < -0.3 is 19.6 Å². The molecule has 4 rings (SSSR count). The Bertz CT molecular complexity index is 1070. The Balaban J connectivity index is 1.42. The van der Waals surface area contributed by atoms with Gasteiger partial charge in [-0.1, -0.05) is 30.3 Å². The fourth-order valence-electron chi connectivity index (χ4n) is 2.84. The largest absolute Gasteiger partial charge is 0.466 e. The third kappa shape index (κ3) is 4.56. The quantitative estimate of drug-likeness (QED) is 0.446. The SMILES string of the molecule is O=C(NCc1ccc(C(O)c2ccco2)s1)c1ccccc1Oc1ccccc1. The van der Waals surface area contributed by atoms with Crippen LogP contribution in [0.2, 0.25) is 0 Å². The number of furan rings is 1. The van der Waals surface area contributed by atoms with E-state index in [4.69, 9.17) is 9.15 Å². The predicted molar refractivity (Wildman–Crippen MR) is 111 cm³/mol. The fraction of sp³-hybridized carbons (Fsp3) is 0.0870. The molecule has 2 heterocycles. The van der Waals surface area contributed by atoms with Gasteiger partial charge in [0.15, 0.2) is 0 Å². The number of hydrogen-bond donors (Lipinski definition) is 2. The number of amides is 1. The molecule has 0 saturated carbocycles. The van der Waals surface area contributed by atoms with Gasteiger partial charge in [0.1, 0.15) is 23.4 Å². The Morgan fingerprint density at radius 1 is 1.00 bits per heavy atom. The highest BCUT2D eigenvalue weighted by molar-refractivity contribution is 7.12. The van der Waals surface area contributed by atoms with E-state index in [0.717, 1.165) is 9.75 Å². The monoisotopic (exact) mass is 405 g/mol. The zero-order chi connectivity index (χ0) is 20.1. The van der Waals surface area contributed by atoms with Crippen molar-refractivity contribution in [3.05, 3.63) is 106 Å². The number of thiophene rings is 1. The van der Waals surface area contributed by atoms with Gasteiger partial charge >= 0.3 is 0 Å². The van der Waals surface area contributed by atoms with E-state index in [2.05, 4.69) is 5.32 Å². The van der Waals surface area contributed by atoms with Crippen LogP contribution >= 0.6 is 11.3 Å². The van der Waals surface area contributed by atoms with Gasteiger partial charge in [-0.3, -0.25) is 4.79 Å². The van der Waals surface area contributed by atoms with Crippen molar-refractivity contribution in [3.63, 3.8) is 0 Å². The average Bonchev–Trinajstić information content (AvgIpc) is 3.45. The van der Waals surface area contributed by atoms with E-state index in [1.54, 1.807) is 30.3 Å². The number of hydrogen-bond acceptors (Lipinski definition) is 5. The molecule has 2 aromatic carbocycles. The maximum Gasteiger partial charge on any atom is 0.255 e. The lowest BCUT2D eigenvalue weighted by Crippen LogP contribution is -2.22. The molecule has 6 heteroatoms. The van der Waals surface area contributed by atoms with Crippen LogP contribution in [0.4, 0.5) is 0 Å². The summed E-state index contributed by atoms with van der Waals surface area (Å²) in [5.74, 6) is 1.44. The molecule has 0 aliphatic rings. The zero-order valence-electron chi connectivity index (χ0n) is 15.4. The minimum Gasteiger partial charge on any atom is -0.466 e. The van der Waals surface area contributed by atoms with Gasteiger partial charge in [-0.25, -0.2) is 0 Å². The summed E-state index contributed by atoms with van der Waals surface area (Å²) in [4.78, 5) is 14.4. The summed E-state index contributed by atoms with van der Waals surface area (Å²) in [6, 6.07) is 23.7. The van der Waals surface area contributed by atoms with Gasteiger partial charge in [0.2, 0.25) is 0 Å². The van der Waals surface area contributed by atoms with E-state index < -0.39 is 6.10 Å². The number of para-hydroxylation sites is 2. The van der Waals surface area contributed by atoms with Crippen molar-refractivity contribution in [1.82, 2.24) is 5.32 Å². The molecule has 0 saturated heterocycles. The van der Waals surface area contributed by atoms with Gasteiger partial charge in [0.25, 0.3) is 5.91 Å². The van der Waals surface area contributed by atoms with Crippen LogP contribution in [-0.2, 0) is 6.54 Å². The number of nitrogens with one attached hydrogen (secondary N) is 1. The number of rotatable bonds is 7. The maximum atomic E-state index is 12.7. The first kappa shape index (κ1) is 19.0. The summed E-state index contributed by atoms with van der Waals surface area (Å²) in [6.45, 7) is 0.355. The number of aliphatic hydroxyl groups is 1. The van der Waals surface area contributed by atoms with Crippen molar-refractivity contribution in [2.75, 3.05) is 0 Å². The number of carbonyl (C=O) groups excluding carboxylic acids is 1. The Morgan fingerprint density at radius 2 is 1.79 bits per heavy atom. The second-order valence-corrected chi connectivity index (χ2v) is 7.52. The zero-order valence-corrected chi connectivity index (χ0v) is 16.3. The van der Waals surface area contributed by atoms with Crippen molar-refractivity contribution in [2.24, 2.45) is 0 Å². The second kappa shape index (κ2) is 8.77. The molecule has 1 unspecified atom stereocenters. The Labute approximate surface area is 172 Å². The third-order valence-electron chi connectivity index (χ3n) is 4.29. The summed E-state index contributed by atoms with van der Waals surface area (Å²) >= 11 is 1.43. The average molecular weight is 405 g/mol. The van der Waals surface area contributed by atoms with Gasteiger partial charge in [-0.2, -0.15) is 0 Å². The molecule has 146 valence electrons. The summed E-state index contributed by atoms with van der Waals surface area (Å²) in [7, 11) is 0. The number of benzene rings is 2. The van der Waals surface area contributed by atoms with Crippen LogP contribution in [0.3, 0.4) is 0 Å². The Morgan fingerprint density at radius 3 is 2.59 bits per heavy atom. The van der Waals surface area contributed by atoms with E-state index in [1.165, 1.54) is 17.6 Å². The molecule has 29 heavy (non-hydrogen) atoms. The molecule has 0 spiro atoms. The van der Waals surface area contributed by atoms with Crippen LogP contribution in [0, 0.1) is 0 Å². The van der Waals surface area contributed by atoms with Crippen molar-refractivity contribution in [2.45, 2.75) is 12.6 Å². The number of carbonyl (C=O) groups is 1. The molecule has 0 bridgehead atoms. The highest BCUT2D eigenvalue weighted by Crippen LogP contribution is 2.29. The third-order valence-corrected chi connectivity index (χ3v) is 5.43. The van der Waals surface area contributed by atoms with Gasteiger partial charge in [0, 0.05) is 9.75 Å². The van der Waals surface area contributed by atoms with Crippen LogP contribution in [0.1, 0.15) is 32.0 Å². The van der Waals surface area contributed by atoms with Crippen LogP contribution < -0.4 is 10.1 Å². The van der Waals surface area contributed by atoms with Crippen molar-refractivity contribution in [1.29, 1.82) is 0 Å². The standard InChI is InChI=1S/C23H19NO4S/c25-22(20-11-6-14-27-20)21-13-12-17(29-21)15-24-23(26)18-9-4-5-10-19(18)28-16-7-2-1-3-8-16/h1-14,22,25H,15H2,(H,24,26). The number of ether oxygens (including phenoxy) is 1. The number of aliphatic hydroxyl groups excluding tert-OH is 1. The van der Waals surface area contributed by atoms with E-state index in [-0.39, 0.29) is 5.91 Å². The molecule has 0 aliphatic heterocycles. The minimum atomic E-state index is -0.806. The van der Waals surface area contributed by atoms with Crippen molar-refractivity contribution >= 4 is 17.2 Å². The molecule has 0 fully saturated rings. The molecule has 4 aromatic rings. The fourth-order valence-corrected chi connectivity index (χ4v) is 3.79. The molecule has 0 aliphatic carbocycles. The second-order valence-electron chi connectivity index (χ2n) is 6.32. The van der Waals surface area contributed by atoms with Gasteiger partial charge in [0.05, 0.1) is 18.4 Å². The molecule has 2 aromatic heterocycles. The van der Waals surface area contributed by atoms with Crippen LogP contribution in [-0.4, -0.2) is 11.0 Å². The van der Waals surface area contributed by atoms with E-state index in [1.807, 2.05) is 48.5 Å². The molecular weight excluding hydrogens is 386 g/mol. The molecule has 2 N–H and O–H groups in total. The molecule has 0 radical (unpaired) electrons. The van der Waals surface area contributed by atoms with Gasteiger partial charge in [-0.15, -0.1) is 11.3 Å². The molecule has 1 atom stereocenters. The highest BCUT2D eigenvalue weighted by Gasteiger charge is 2.17. The summed E-state index contributed by atoms with van der Waals surface area (Å²) in [6.07, 6.45) is 0.724. The Kier molecular flexibility index (Phi) is 5.74. The first-order chi connectivity index (χ1) is 14.2. The normalized spacial score (nSPS) is 11.8. The van der Waals surface area contributed by atoms with Crippen LogP contribution in [0.15, 0.2) is 89.5 Å². The van der Waals surface area contributed by atoms with Crippen LogP contribution in [0.5, 0.6) is 11.5 Å². The molecule has 1 amide bonds. The molecule has 5 nitrogen and oxygen atoms in total. The summed E-state index contributed by atoms with van der Waals surface area (Å²) < 4.78 is 11.1. The van der Waals surface area contributed by atoms with Gasteiger partial charge in [-0.05, 0) is 48.5 Å². The smallest absolute Gasteiger partial charge is 0.255 e. The summed E-state index contributed by atoms with van der Waals surface area (Å²) in [5, 5.41) is 13.3. The minimum absolute atomic E-state index is 0.224. The lowest BCUT2D eigenvalue weighted by Gasteiger charge is -2.11. The van der Waals surface area contributed by atoms with E-state index in [9.17, 15) is 9.90 Å². The lowest BCUT2D eigenvalue weighted by molar-refractivity contribution is 0.0949. The lowest BCUT2D eigenvalue weighted by atomic mass is 10.2.